The van der Waals surface area contributed by atoms with Gasteiger partial charge in [0.1, 0.15) is 11.4 Å². The van der Waals surface area contributed by atoms with E-state index in [9.17, 15) is 18.3 Å². The maximum absolute atomic E-state index is 12.4. The number of aliphatic hydroxyl groups is 1. The van der Waals surface area contributed by atoms with Crippen LogP contribution in [-0.2, 0) is 24.3 Å². The van der Waals surface area contributed by atoms with Crippen LogP contribution < -0.4 is 0 Å². The van der Waals surface area contributed by atoms with E-state index in [0.29, 0.717) is 17.7 Å². The summed E-state index contributed by atoms with van der Waals surface area (Å²) in [6.07, 6.45) is 5.29. The highest BCUT2D eigenvalue weighted by Crippen LogP contribution is 2.28. The van der Waals surface area contributed by atoms with Gasteiger partial charge in [0.05, 0.1) is 13.7 Å². The molecule has 3 rings (SSSR count). The first-order chi connectivity index (χ1) is 13.9. The molecule has 0 fully saturated rings. The van der Waals surface area contributed by atoms with Gasteiger partial charge in [0.15, 0.2) is 17.4 Å². The third-order valence-electron chi connectivity index (χ3n) is 4.26. The standard InChI is InChI=1S/C19H21N3O6S/c1-3-28-18(24)12-22(20-11-13-8-9-15(23)16(10-13)27-2)19-14-6-4-5-7-17(14)29(25,26)21-19/h4-7,9-11,13,23H,3,8,12H2,1-2H3/b20-11+. The van der Waals surface area contributed by atoms with E-state index in [-0.39, 0.29) is 35.6 Å². The van der Waals surface area contributed by atoms with Crippen LogP contribution in [0.1, 0.15) is 18.9 Å². The molecule has 0 bridgehead atoms. The summed E-state index contributed by atoms with van der Waals surface area (Å²) in [5, 5.41) is 15.3. The van der Waals surface area contributed by atoms with Crippen LogP contribution in [0.2, 0.25) is 0 Å². The summed E-state index contributed by atoms with van der Waals surface area (Å²) in [7, 11) is -2.42. The number of ether oxygens (including phenoxy) is 2. The monoisotopic (exact) mass is 419 g/mol. The number of carbonyl (C=O) groups excluding carboxylic acids is 1. The van der Waals surface area contributed by atoms with Crippen LogP contribution in [0, 0.1) is 5.92 Å². The van der Waals surface area contributed by atoms with Crippen LogP contribution in [-0.4, -0.2) is 56.8 Å². The lowest BCUT2D eigenvalue weighted by Crippen LogP contribution is -2.33. The third kappa shape index (κ3) is 4.48. The first-order valence-electron chi connectivity index (χ1n) is 8.92. The van der Waals surface area contributed by atoms with E-state index in [2.05, 4.69) is 9.50 Å². The van der Waals surface area contributed by atoms with Crippen molar-refractivity contribution in [1.29, 1.82) is 0 Å². The molecule has 154 valence electrons. The van der Waals surface area contributed by atoms with E-state index in [1.54, 1.807) is 37.3 Å². The van der Waals surface area contributed by atoms with Crippen LogP contribution in [0.15, 0.2) is 62.3 Å². The molecule has 10 heteroatoms. The van der Waals surface area contributed by atoms with Gasteiger partial charge in [-0.25, -0.2) is 5.01 Å². The zero-order valence-corrected chi connectivity index (χ0v) is 16.8. The molecule has 1 N–H and O–H groups in total. The lowest BCUT2D eigenvalue weighted by Gasteiger charge is -2.19. The van der Waals surface area contributed by atoms with E-state index < -0.39 is 16.0 Å². The molecular weight excluding hydrogens is 398 g/mol. The van der Waals surface area contributed by atoms with Crippen LogP contribution in [0.4, 0.5) is 0 Å². The van der Waals surface area contributed by atoms with Crippen molar-refractivity contribution in [3.8, 4) is 0 Å². The number of esters is 1. The lowest BCUT2D eigenvalue weighted by molar-refractivity contribution is -0.143. The predicted molar refractivity (Wildman–Crippen MR) is 106 cm³/mol. The number of fused-ring (bicyclic) bond motifs is 1. The molecular formula is C19H21N3O6S. The van der Waals surface area contributed by atoms with E-state index in [0.717, 1.165) is 0 Å². The SMILES string of the molecule is CCOC(=O)CN(/N=C/C1C=C(OC)C(O)=CC1)C1=NS(=O)(=O)c2ccccc21. The average molecular weight is 419 g/mol. The summed E-state index contributed by atoms with van der Waals surface area (Å²) in [6.45, 7) is 1.56. The van der Waals surface area contributed by atoms with Gasteiger partial charge in [-0.1, -0.05) is 12.1 Å². The number of allylic oxidation sites excluding steroid dienone is 2. The molecule has 1 heterocycles. The van der Waals surface area contributed by atoms with Crippen molar-refractivity contribution in [2.24, 2.45) is 15.4 Å². The maximum Gasteiger partial charge on any atom is 0.327 e. The van der Waals surface area contributed by atoms with Crippen LogP contribution in [0.5, 0.6) is 0 Å². The number of nitrogens with zero attached hydrogens (tertiary/aromatic N) is 3. The molecule has 0 amide bonds. The second-order valence-corrected chi connectivity index (χ2v) is 7.81. The molecule has 1 aliphatic heterocycles. The predicted octanol–water partition coefficient (Wildman–Crippen LogP) is 1.98. The molecule has 0 radical (unpaired) electrons. The summed E-state index contributed by atoms with van der Waals surface area (Å²) >= 11 is 0. The largest absolute Gasteiger partial charge is 0.504 e. The molecule has 29 heavy (non-hydrogen) atoms. The van der Waals surface area contributed by atoms with Crippen molar-refractivity contribution in [3.05, 3.63) is 53.5 Å². The van der Waals surface area contributed by atoms with Gasteiger partial charge in [0, 0.05) is 17.7 Å². The number of hydrogen-bond donors (Lipinski definition) is 1. The summed E-state index contributed by atoms with van der Waals surface area (Å²) in [5.41, 5.74) is 0.364. The van der Waals surface area contributed by atoms with Crippen molar-refractivity contribution < 1.29 is 27.8 Å². The Morgan fingerprint density at radius 3 is 2.90 bits per heavy atom. The number of methoxy groups -OCH3 is 1. The molecule has 1 atom stereocenters. The Kier molecular flexibility index (Phi) is 6.02. The minimum absolute atomic E-state index is 0.0423. The number of rotatable bonds is 6. The zero-order chi connectivity index (χ0) is 21.0. The van der Waals surface area contributed by atoms with Gasteiger partial charge < -0.3 is 14.6 Å². The van der Waals surface area contributed by atoms with E-state index in [4.69, 9.17) is 9.47 Å². The highest BCUT2D eigenvalue weighted by atomic mass is 32.2. The Bertz CT molecular complexity index is 1030. The molecule has 1 unspecified atom stereocenters. The normalized spacial score (nSPS) is 19.8. The molecule has 1 aromatic carbocycles. The van der Waals surface area contributed by atoms with Gasteiger partial charge in [0.2, 0.25) is 0 Å². The Labute approximate surface area is 168 Å². The molecule has 2 aliphatic rings. The molecule has 0 saturated heterocycles. The van der Waals surface area contributed by atoms with Crippen LogP contribution >= 0.6 is 0 Å². The zero-order valence-electron chi connectivity index (χ0n) is 16.0. The second kappa shape index (κ2) is 8.48. The summed E-state index contributed by atoms with van der Waals surface area (Å²) in [6, 6.07) is 6.35. The minimum atomic E-state index is -3.87. The number of hydrogen-bond acceptors (Lipinski definition) is 8. The smallest absolute Gasteiger partial charge is 0.327 e. The molecule has 1 aromatic rings. The summed E-state index contributed by atoms with van der Waals surface area (Å²) in [4.78, 5) is 12.1. The quantitative estimate of drug-likeness (QED) is 0.425. The highest BCUT2D eigenvalue weighted by molar-refractivity contribution is 7.90. The van der Waals surface area contributed by atoms with Crippen molar-refractivity contribution in [2.75, 3.05) is 20.3 Å². The van der Waals surface area contributed by atoms with Crippen molar-refractivity contribution in [2.45, 2.75) is 18.2 Å². The van der Waals surface area contributed by atoms with Crippen molar-refractivity contribution in [3.63, 3.8) is 0 Å². The average Bonchev–Trinajstić information content (AvgIpc) is 2.97. The van der Waals surface area contributed by atoms with Crippen LogP contribution in [0.25, 0.3) is 0 Å². The lowest BCUT2D eigenvalue weighted by atomic mass is 10.0. The first-order valence-corrected chi connectivity index (χ1v) is 10.4. The molecule has 1 aliphatic carbocycles. The minimum Gasteiger partial charge on any atom is -0.504 e. The Hall–Kier alpha value is -3.14. The fourth-order valence-electron chi connectivity index (χ4n) is 2.91. The van der Waals surface area contributed by atoms with Crippen LogP contribution in [0.3, 0.4) is 0 Å². The van der Waals surface area contributed by atoms with E-state index in [1.807, 2.05) is 0 Å². The Morgan fingerprint density at radius 2 is 2.17 bits per heavy atom. The van der Waals surface area contributed by atoms with Gasteiger partial charge in [-0.15, -0.1) is 4.40 Å². The second-order valence-electron chi connectivity index (χ2n) is 6.24. The topological polar surface area (TPSA) is 118 Å². The number of amidine groups is 1. The van der Waals surface area contributed by atoms with Gasteiger partial charge in [-0.3, -0.25) is 4.79 Å². The number of carbonyl (C=O) groups is 1. The molecule has 0 saturated carbocycles. The van der Waals surface area contributed by atoms with Crippen molar-refractivity contribution >= 4 is 28.0 Å². The number of benzene rings is 1. The molecule has 9 nitrogen and oxygen atoms in total. The van der Waals surface area contributed by atoms with Gasteiger partial charge in [0.25, 0.3) is 10.0 Å². The van der Waals surface area contributed by atoms with Crippen molar-refractivity contribution in [1.82, 2.24) is 5.01 Å². The third-order valence-corrected chi connectivity index (χ3v) is 5.59. The van der Waals surface area contributed by atoms with E-state index in [1.165, 1.54) is 24.4 Å². The summed E-state index contributed by atoms with van der Waals surface area (Å²) in [5.74, 6) is -0.380. The number of aliphatic hydroxyl groups excluding tert-OH is 1. The first kappa shape index (κ1) is 20.6. The highest BCUT2D eigenvalue weighted by Gasteiger charge is 2.32. The van der Waals surface area contributed by atoms with E-state index >= 15 is 0 Å². The molecule has 0 spiro atoms. The Balaban J connectivity index is 1.93. The fraction of sp³-hybridized carbons (Fsp3) is 0.316. The Morgan fingerprint density at radius 1 is 1.41 bits per heavy atom. The maximum atomic E-state index is 12.4. The number of hydrazone groups is 1. The van der Waals surface area contributed by atoms with Gasteiger partial charge in [-0.05, 0) is 37.6 Å². The molecule has 0 aromatic heterocycles. The number of sulfonamides is 1. The summed E-state index contributed by atoms with van der Waals surface area (Å²) < 4.78 is 38.6. The fourth-order valence-corrected chi connectivity index (χ4v) is 4.12. The van der Waals surface area contributed by atoms with Gasteiger partial charge >= 0.3 is 5.97 Å². The van der Waals surface area contributed by atoms with Gasteiger partial charge in [-0.2, -0.15) is 13.5 Å².